The Hall–Kier alpha value is -2.47. The summed E-state index contributed by atoms with van der Waals surface area (Å²) in [5.74, 6) is -0.696. The summed E-state index contributed by atoms with van der Waals surface area (Å²) in [7, 11) is 0. The van der Waals surface area contributed by atoms with E-state index in [1.165, 1.54) is 44.9 Å². The number of pyridine rings is 1. The number of para-hydroxylation sites is 1. The molecule has 6 nitrogen and oxygen atoms in total. The third kappa shape index (κ3) is 7.03. The van der Waals surface area contributed by atoms with Gasteiger partial charge in [-0.1, -0.05) is 76.0 Å². The lowest BCUT2D eigenvalue weighted by Crippen LogP contribution is -2.51. The van der Waals surface area contributed by atoms with E-state index in [2.05, 4.69) is 15.6 Å². The zero-order valence-corrected chi connectivity index (χ0v) is 18.3. The predicted octanol–water partition coefficient (Wildman–Crippen LogP) is 4.12. The zero-order valence-electron chi connectivity index (χ0n) is 18.3. The van der Waals surface area contributed by atoms with Gasteiger partial charge in [-0.2, -0.15) is 0 Å². The first-order chi connectivity index (χ1) is 15.2. The minimum Gasteiger partial charge on any atom is -0.394 e. The predicted molar refractivity (Wildman–Crippen MR) is 123 cm³/mol. The lowest BCUT2D eigenvalue weighted by atomic mass is 9.97. The molecule has 1 aliphatic carbocycles. The van der Waals surface area contributed by atoms with Gasteiger partial charge >= 0.3 is 0 Å². The van der Waals surface area contributed by atoms with Crippen molar-refractivity contribution in [3.8, 4) is 0 Å². The minimum atomic E-state index is -0.971. The molecular weight excluding hydrogens is 390 g/mol. The van der Waals surface area contributed by atoms with Gasteiger partial charge in [-0.05, 0) is 25.0 Å². The van der Waals surface area contributed by atoms with Crippen molar-refractivity contribution < 1.29 is 14.7 Å². The quantitative estimate of drug-likeness (QED) is 0.672. The fourth-order valence-electron chi connectivity index (χ4n) is 4.33. The summed E-state index contributed by atoms with van der Waals surface area (Å²) >= 11 is 0. The van der Waals surface area contributed by atoms with E-state index >= 15 is 0 Å². The number of nitrogens with one attached hydrogen (secondary N) is 2. The molecule has 1 atom stereocenters. The Morgan fingerprint density at radius 2 is 1.55 bits per heavy atom. The second-order valence-corrected chi connectivity index (χ2v) is 8.55. The Labute approximate surface area is 184 Å². The van der Waals surface area contributed by atoms with Crippen LogP contribution in [0.5, 0.6) is 0 Å². The molecule has 1 unspecified atom stereocenters. The number of amides is 2. The van der Waals surface area contributed by atoms with Crippen molar-refractivity contribution in [3.63, 3.8) is 0 Å². The Morgan fingerprint density at radius 1 is 0.935 bits per heavy atom. The second-order valence-electron chi connectivity index (χ2n) is 8.55. The fourth-order valence-corrected chi connectivity index (χ4v) is 4.33. The number of aliphatic hydroxyl groups excluding tert-OH is 1. The van der Waals surface area contributed by atoms with Crippen LogP contribution >= 0.6 is 0 Å². The van der Waals surface area contributed by atoms with Gasteiger partial charge in [0.25, 0.3) is 5.91 Å². The topological polar surface area (TPSA) is 91.3 Å². The Balaban J connectivity index is 1.60. The maximum absolute atomic E-state index is 12.8. The summed E-state index contributed by atoms with van der Waals surface area (Å²) in [6, 6.07) is 8.14. The number of hydrogen-bond donors (Lipinski definition) is 3. The minimum absolute atomic E-state index is 0.0969. The summed E-state index contributed by atoms with van der Waals surface area (Å²) in [4.78, 5) is 30.0. The average Bonchev–Trinajstić information content (AvgIpc) is 2.78. The van der Waals surface area contributed by atoms with Gasteiger partial charge in [-0.25, -0.2) is 0 Å². The second kappa shape index (κ2) is 12.4. The summed E-state index contributed by atoms with van der Waals surface area (Å²) in [5.41, 5.74) is 1.16. The molecule has 0 bridgehead atoms. The van der Waals surface area contributed by atoms with Crippen LogP contribution in [0.1, 0.15) is 81.0 Å². The zero-order chi connectivity index (χ0) is 21.9. The Morgan fingerprint density at radius 3 is 2.19 bits per heavy atom. The first-order valence-electron chi connectivity index (χ1n) is 11.7. The molecule has 1 fully saturated rings. The van der Waals surface area contributed by atoms with E-state index in [9.17, 15) is 14.7 Å². The van der Waals surface area contributed by atoms with Crippen LogP contribution in [-0.2, 0) is 4.79 Å². The molecule has 0 aliphatic heterocycles. The summed E-state index contributed by atoms with van der Waals surface area (Å²) in [5, 5.41) is 16.3. The molecule has 1 aromatic heterocycles. The molecule has 0 radical (unpaired) electrons. The van der Waals surface area contributed by atoms with Crippen LogP contribution in [0.4, 0.5) is 0 Å². The van der Waals surface area contributed by atoms with Gasteiger partial charge in [0.15, 0.2) is 0 Å². The number of rotatable bonds is 5. The maximum Gasteiger partial charge on any atom is 0.252 e. The van der Waals surface area contributed by atoms with Crippen molar-refractivity contribution in [2.75, 3.05) is 6.61 Å². The SMILES string of the molecule is O=C(NC(CO)C(=O)NC1CCCCCCCCCCC1)c1ccnc2ccccc12. The highest BCUT2D eigenvalue weighted by Crippen LogP contribution is 2.18. The van der Waals surface area contributed by atoms with Gasteiger partial charge in [0, 0.05) is 17.6 Å². The molecular formula is C25H35N3O3. The molecule has 3 N–H and O–H groups in total. The van der Waals surface area contributed by atoms with Crippen LogP contribution in [-0.4, -0.2) is 40.6 Å². The van der Waals surface area contributed by atoms with Gasteiger partial charge < -0.3 is 15.7 Å². The van der Waals surface area contributed by atoms with Crippen LogP contribution in [0.2, 0.25) is 0 Å². The smallest absolute Gasteiger partial charge is 0.252 e. The van der Waals surface area contributed by atoms with Crippen LogP contribution in [0.15, 0.2) is 36.5 Å². The van der Waals surface area contributed by atoms with Gasteiger partial charge in [-0.15, -0.1) is 0 Å². The van der Waals surface area contributed by atoms with Crippen molar-refractivity contribution in [1.82, 2.24) is 15.6 Å². The maximum atomic E-state index is 12.8. The molecule has 3 rings (SSSR count). The number of carbonyl (C=O) groups is 2. The number of aliphatic hydroxyl groups is 1. The first-order valence-corrected chi connectivity index (χ1v) is 11.7. The van der Waals surface area contributed by atoms with E-state index in [0.717, 1.165) is 31.1 Å². The molecule has 1 heterocycles. The number of benzene rings is 1. The standard InChI is InChI=1S/C25H35N3O3/c29-18-23(28-24(30)21-16-17-26-22-15-11-10-14-20(21)22)25(31)27-19-12-8-6-4-2-1-3-5-7-9-13-19/h10-11,14-17,19,23,29H,1-9,12-13,18H2,(H,27,31)(H,28,30). The fraction of sp³-hybridized carbons (Fsp3) is 0.560. The third-order valence-corrected chi connectivity index (χ3v) is 6.15. The highest BCUT2D eigenvalue weighted by atomic mass is 16.3. The van der Waals surface area contributed by atoms with Crippen molar-refractivity contribution >= 4 is 22.7 Å². The first kappa shape index (κ1) is 23.2. The molecule has 0 spiro atoms. The lowest BCUT2D eigenvalue weighted by Gasteiger charge is -2.23. The third-order valence-electron chi connectivity index (χ3n) is 6.15. The number of fused-ring (bicyclic) bond motifs is 1. The normalized spacial score (nSPS) is 17.8. The van der Waals surface area contributed by atoms with Crippen molar-refractivity contribution in [1.29, 1.82) is 0 Å². The molecule has 1 saturated carbocycles. The summed E-state index contributed by atoms with van der Waals surface area (Å²) in [6.07, 6.45) is 14.5. The number of nitrogens with zero attached hydrogens (tertiary/aromatic N) is 1. The van der Waals surface area contributed by atoms with E-state index in [1.807, 2.05) is 24.3 Å². The van der Waals surface area contributed by atoms with Crippen LogP contribution in [0.3, 0.4) is 0 Å². The molecule has 168 valence electrons. The van der Waals surface area contributed by atoms with Crippen LogP contribution < -0.4 is 10.6 Å². The largest absolute Gasteiger partial charge is 0.394 e. The Bertz CT molecular complexity index is 838. The number of aromatic nitrogens is 1. The molecule has 1 aliphatic rings. The molecule has 6 heteroatoms. The summed E-state index contributed by atoms with van der Waals surface area (Å²) < 4.78 is 0. The Kier molecular flexibility index (Phi) is 9.28. The van der Waals surface area contributed by atoms with Gasteiger partial charge in [0.1, 0.15) is 6.04 Å². The van der Waals surface area contributed by atoms with Crippen LogP contribution in [0, 0.1) is 0 Å². The summed E-state index contributed by atoms with van der Waals surface area (Å²) in [6.45, 7) is -0.437. The monoisotopic (exact) mass is 425 g/mol. The van der Waals surface area contributed by atoms with Gasteiger partial charge in [0.2, 0.25) is 5.91 Å². The molecule has 2 aromatic rings. The highest BCUT2D eigenvalue weighted by molar-refractivity contribution is 6.07. The van der Waals surface area contributed by atoms with Crippen molar-refractivity contribution in [2.24, 2.45) is 0 Å². The van der Waals surface area contributed by atoms with Crippen LogP contribution in [0.25, 0.3) is 10.9 Å². The molecule has 31 heavy (non-hydrogen) atoms. The van der Waals surface area contributed by atoms with Gasteiger partial charge in [0.05, 0.1) is 17.7 Å². The van der Waals surface area contributed by atoms with E-state index in [0.29, 0.717) is 11.1 Å². The number of carbonyl (C=O) groups excluding carboxylic acids is 2. The van der Waals surface area contributed by atoms with Crippen molar-refractivity contribution in [2.45, 2.75) is 82.7 Å². The molecule has 0 saturated heterocycles. The molecule has 1 aromatic carbocycles. The van der Waals surface area contributed by atoms with Crippen molar-refractivity contribution in [3.05, 3.63) is 42.1 Å². The lowest BCUT2D eigenvalue weighted by molar-refractivity contribution is -0.124. The molecule has 2 amide bonds. The van der Waals surface area contributed by atoms with E-state index in [1.54, 1.807) is 12.3 Å². The average molecular weight is 426 g/mol. The van der Waals surface area contributed by atoms with E-state index in [4.69, 9.17) is 0 Å². The highest BCUT2D eigenvalue weighted by Gasteiger charge is 2.24. The number of hydrogen-bond acceptors (Lipinski definition) is 4. The van der Waals surface area contributed by atoms with E-state index in [-0.39, 0.29) is 17.9 Å². The van der Waals surface area contributed by atoms with Gasteiger partial charge in [-0.3, -0.25) is 14.6 Å². The van der Waals surface area contributed by atoms with E-state index < -0.39 is 12.6 Å².